The first-order chi connectivity index (χ1) is 10.6. The smallest absolute Gasteiger partial charge is 0.335 e. The van der Waals surface area contributed by atoms with Crippen LogP contribution in [0.3, 0.4) is 0 Å². The first kappa shape index (κ1) is 15.6. The van der Waals surface area contributed by atoms with E-state index in [9.17, 15) is 10.1 Å². The summed E-state index contributed by atoms with van der Waals surface area (Å²) in [6.45, 7) is 2.43. The van der Waals surface area contributed by atoms with Gasteiger partial charge in [0.05, 0.1) is 24.2 Å². The molecule has 0 aliphatic rings. The number of aromatic carboxylic acids is 1. The lowest BCUT2D eigenvalue weighted by Gasteiger charge is -2.11. The summed E-state index contributed by atoms with van der Waals surface area (Å²) >= 11 is 0. The van der Waals surface area contributed by atoms with Crippen LogP contribution in [-0.4, -0.2) is 17.7 Å². The highest BCUT2D eigenvalue weighted by atomic mass is 16.5. The summed E-state index contributed by atoms with van der Waals surface area (Å²) in [6.07, 6.45) is 0.552. The Kier molecular flexibility index (Phi) is 5.16. The number of nitriles is 1. The molecule has 0 fully saturated rings. The van der Waals surface area contributed by atoms with E-state index in [4.69, 9.17) is 9.84 Å². The molecule has 4 nitrogen and oxygen atoms in total. The summed E-state index contributed by atoms with van der Waals surface area (Å²) < 4.78 is 5.66. The predicted molar refractivity (Wildman–Crippen MR) is 83.0 cm³/mol. The van der Waals surface area contributed by atoms with Crippen LogP contribution in [0.15, 0.2) is 48.5 Å². The van der Waals surface area contributed by atoms with E-state index in [1.165, 1.54) is 12.1 Å². The van der Waals surface area contributed by atoms with E-state index in [0.29, 0.717) is 13.0 Å². The fourth-order valence-corrected chi connectivity index (χ4v) is 2.16. The van der Waals surface area contributed by atoms with Crippen molar-refractivity contribution in [3.8, 4) is 11.8 Å². The Morgan fingerprint density at radius 1 is 1.27 bits per heavy atom. The second kappa shape index (κ2) is 7.28. The number of carboxylic acid groups (broad SMARTS) is 1. The zero-order valence-electron chi connectivity index (χ0n) is 12.3. The Bertz CT molecular complexity index is 686. The van der Waals surface area contributed by atoms with Gasteiger partial charge in [-0.2, -0.15) is 5.26 Å². The van der Waals surface area contributed by atoms with E-state index in [2.05, 4.69) is 6.07 Å². The molecular formula is C18H17NO3. The summed E-state index contributed by atoms with van der Waals surface area (Å²) in [4.78, 5) is 10.8. The summed E-state index contributed by atoms with van der Waals surface area (Å²) in [5, 5.41) is 18.2. The SMILES string of the molecule is Cc1cccc(OCCC(C#N)c2ccc(C(=O)O)cc2)c1. The van der Waals surface area contributed by atoms with Gasteiger partial charge in [0, 0.05) is 6.42 Å². The molecule has 0 amide bonds. The first-order valence-corrected chi connectivity index (χ1v) is 7.02. The lowest BCUT2D eigenvalue weighted by Crippen LogP contribution is -2.05. The van der Waals surface area contributed by atoms with Gasteiger partial charge < -0.3 is 9.84 Å². The van der Waals surface area contributed by atoms with Crippen LogP contribution >= 0.6 is 0 Å². The van der Waals surface area contributed by atoms with Crippen molar-refractivity contribution in [1.82, 2.24) is 0 Å². The average molecular weight is 295 g/mol. The Morgan fingerprint density at radius 3 is 2.59 bits per heavy atom. The minimum Gasteiger partial charge on any atom is -0.494 e. The lowest BCUT2D eigenvalue weighted by atomic mass is 9.96. The molecule has 0 heterocycles. The fraction of sp³-hybridized carbons (Fsp3) is 0.222. The molecule has 1 atom stereocenters. The van der Waals surface area contributed by atoms with Gasteiger partial charge in [0.15, 0.2) is 0 Å². The Morgan fingerprint density at radius 2 is 2.00 bits per heavy atom. The maximum atomic E-state index is 10.8. The molecule has 0 aliphatic carbocycles. The molecule has 0 radical (unpaired) electrons. The number of carboxylic acids is 1. The third-order valence-electron chi connectivity index (χ3n) is 3.38. The largest absolute Gasteiger partial charge is 0.494 e. The molecule has 2 rings (SSSR count). The zero-order valence-corrected chi connectivity index (χ0v) is 12.3. The van der Waals surface area contributed by atoms with Crippen molar-refractivity contribution in [3.63, 3.8) is 0 Å². The van der Waals surface area contributed by atoms with Crippen LogP contribution in [0.4, 0.5) is 0 Å². The Balaban J connectivity index is 1.95. The normalized spacial score (nSPS) is 11.5. The molecule has 112 valence electrons. The molecule has 0 bridgehead atoms. The van der Waals surface area contributed by atoms with Gasteiger partial charge in [0.25, 0.3) is 0 Å². The number of hydrogen-bond donors (Lipinski definition) is 1. The van der Waals surface area contributed by atoms with Gasteiger partial charge in [-0.25, -0.2) is 4.79 Å². The van der Waals surface area contributed by atoms with Gasteiger partial charge in [-0.1, -0.05) is 24.3 Å². The highest BCUT2D eigenvalue weighted by Crippen LogP contribution is 2.21. The predicted octanol–water partition coefficient (Wildman–Crippen LogP) is 3.77. The summed E-state index contributed by atoms with van der Waals surface area (Å²) in [7, 11) is 0. The van der Waals surface area contributed by atoms with Gasteiger partial charge in [0.1, 0.15) is 5.75 Å². The molecular weight excluding hydrogens is 278 g/mol. The molecule has 0 spiro atoms. The summed E-state index contributed by atoms with van der Waals surface area (Å²) in [5.74, 6) is -0.492. The van der Waals surface area contributed by atoms with Gasteiger partial charge in [-0.05, 0) is 42.3 Å². The van der Waals surface area contributed by atoms with E-state index in [-0.39, 0.29) is 11.5 Å². The highest BCUT2D eigenvalue weighted by Gasteiger charge is 2.12. The fourth-order valence-electron chi connectivity index (χ4n) is 2.16. The van der Waals surface area contributed by atoms with Crippen molar-refractivity contribution >= 4 is 5.97 Å². The summed E-state index contributed by atoms with van der Waals surface area (Å²) in [5.41, 5.74) is 2.15. The molecule has 2 aromatic rings. The number of aryl methyl sites for hydroxylation is 1. The van der Waals surface area contributed by atoms with Crippen molar-refractivity contribution in [1.29, 1.82) is 5.26 Å². The first-order valence-electron chi connectivity index (χ1n) is 7.02. The Labute approximate surface area is 129 Å². The van der Waals surface area contributed by atoms with Gasteiger partial charge in [-0.15, -0.1) is 0 Å². The number of hydrogen-bond acceptors (Lipinski definition) is 3. The number of carbonyl (C=O) groups is 1. The van der Waals surface area contributed by atoms with Crippen molar-refractivity contribution in [2.45, 2.75) is 19.3 Å². The maximum absolute atomic E-state index is 10.8. The van der Waals surface area contributed by atoms with Crippen LogP contribution in [-0.2, 0) is 0 Å². The van der Waals surface area contributed by atoms with Crippen molar-refractivity contribution in [2.24, 2.45) is 0 Å². The van der Waals surface area contributed by atoms with Crippen LogP contribution in [0.2, 0.25) is 0 Å². The van der Waals surface area contributed by atoms with Crippen LogP contribution < -0.4 is 4.74 Å². The second-order valence-corrected chi connectivity index (χ2v) is 5.06. The molecule has 1 N–H and O–H groups in total. The number of rotatable bonds is 6. The minimum absolute atomic E-state index is 0.219. The Hall–Kier alpha value is -2.80. The third-order valence-corrected chi connectivity index (χ3v) is 3.38. The topological polar surface area (TPSA) is 70.3 Å². The molecule has 0 aliphatic heterocycles. The molecule has 4 heteroatoms. The number of nitrogens with zero attached hydrogens (tertiary/aromatic N) is 1. The van der Waals surface area contributed by atoms with Crippen molar-refractivity contribution < 1.29 is 14.6 Å². The third kappa shape index (κ3) is 4.10. The van der Waals surface area contributed by atoms with E-state index in [1.807, 2.05) is 31.2 Å². The molecule has 0 aromatic heterocycles. The lowest BCUT2D eigenvalue weighted by molar-refractivity contribution is 0.0697. The van der Waals surface area contributed by atoms with E-state index in [1.54, 1.807) is 12.1 Å². The second-order valence-electron chi connectivity index (χ2n) is 5.06. The standard InChI is InChI=1S/C18H17NO3/c1-13-3-2-4-17(11-13)22-10-9-16(12-19)14-5-7-15(8-6-14)18(20)21/h2-8,11,16H,9-10H2,1H3,(H,20,21). The van der Waals surface area contributed by atoms with Crippen LogP contribution in [0.25, 0.3) is 0 Å². The van der Waals surface area contributed by atoms with Crippen molar-refractivity contribution in [2.75, 3.05) is 6.61 Å². The molecule has 22 heavy (non-hydrogen) atoms. The molecule has 0 saturated carbocycles. The van der Waals surface area contributed by atoms with Crippen LogP contribution in [0.1, 0.15) is 33.8 Å². The minimum atomic E-state index is -0.970. The maximum Gasteiger partial charge on any atom is 0.335 e. The molecule has 1 unspecified atom stereocenters. The zero-order chi connectivity index (χ0) is 15.9. The quantitative estimate of drug-likeness (QED) is 0.880. The average Bonchev–Trinajstić information content (AvgIpc) is 2.52. The van der Waals surface area contributed by atoms with Gasteiger partial charge in [-0.3, -0.25) is 0 Å². The highest BCUT2D eigenvalue weighted by molar-refractivity contribution is 5.87. The van der Waals surface area contributed by atoms with Crippen LogP contribution in [0.5, 0.6) is 5.75 Å². The van der Waals surface area contributed by atoms with Crippen LogP contribution in [0, 0.1) is 18.3 Å². The van der Waals surface area contributed by atoms with Crippen molar-refractivity contribution in [3.05, 3.63) is 65.2 Å². The molecule has 0 saturated heterocycles. The van der Waals surface area contributed by atoms with E-state index >= 15 is 0 Å². The number of ether oxygens (including phenoxy) is 1. The van der Waals surface area contributed by atoms with Gasteiger partial charge >= 0.3 is 5.97 Å². The monoisotopic (exact) mass is 295 g/mol. The molecule has 2 aromatic carbocycles. The van der Waals surface area contributed by atoms with Gasteiger partial charge in [0.2, 0.25) is 0 Å². The van der Waals surface area contributed by atoms with E-state index < -0.39 is 5.97 Å². The number of benzene rings is 2. The summed E-state index contributed by atoms with van der Waals surface area (Å²) in [6, 6.07) is 16.4. The van der Waals surface area contributed by atoms with E-state index in [0.717, 1.165) is 16.9 Å².